The molecule has 0 unspecified atom stereocenters. The fraction of sp³-hybridized carbons (Fsp3) is 0.0714. The molecule has 164 valence electrons. The topological polar surface area (TPSA) is 40.6 Å². The van der Waals surface area contributed by atoms with E-state index in [-0.39, 0.29) is 23.3 Å². The number of benzene rings is 4. The summed E-state index contributed by atoms with van der Waals surface area (Å²) >= 11 is 1.32. The molecule has 5 heteroatoms. The molecule has 0 radical (unpaired) electrons. The third-order valence-electron chi connectivity index (χ3n) is 5.01. The van der Waals surface area contributed by atoms with E-state index in [9.17, 15) is 9.59 Å². The molecule has 0 aliphatic carbocycles. The van der Waals surface area contributed by atoms with Gasteiger partial charge in [-0.05, 0) is 48.5 Å². The fourth-order valence-corrected chi connectivity index (χ4v) is 4.25. The minimum atomic E-state index is -0.0730. The van der Waals surface area contributed by atoms with Crippen molar-refractivity contribution < 1.29 is 9.59 Å². The molecule has 4 aromatic rings. The number of para-hydroxylation sites is 4. The third-order valence-corrected chi connectivity index (χ3v) is 5.91. The molecule has 33 heavy (non-hydrogen) atoms. The lowest BCUT2D eigenvalue weighted by Crippen LogP contribution is -2.30. The van der Waals surface area contributed by atoms with Gasteiger partial charge in [-0.1, -0.05) is 72.8 Å². The molecule has 0 atom stereocenters. The Kier molecular flexibility index (Phi) is 7.56. The van der Waals surface area contributed by atoms with Crippen molar-refractivity contribution in [2.45, 2.75) is 0 Å². The predicted octanol–water partition coefficient (Wildman–Crippen LogP) is 6.45. The second-order valence-electron chi connectivity index (χ2n) is 7.29. The fourth-order valence-electron chi connectivity index (χ4n) is 3.54. The van der Waals surface area contributed by atoms with Gasteiger partial charge in [0.15, 0.2) is 0 Å². The van der Waals surface area contributed by atoms with Gasteiger partial charge in [0.1, 0.15) is 0 Å². The summed E-state index contributed by atoms with van der Waals surface area (Å²) in [5, 5.41) is 0. The first kappa shape index (κ1) is 22.4. The van der Waals surface area contributed by atoms with E-state index in [4.69, 9.17) is 0 Å². The lowest BCUT2D eigenvalue weighted by molar-refractivity contribution is -0.115. The average Bonchev–Trinajstić information content (AvgIpc) is 2.87. The maximum atomic E-state index is 13.2. The van der Waals surface area contributed by atoms with Crippen LogP contribution in [-0.4, -0.2) is 23.3 Å². The summed E-state index contributed by atoms with van der Waals surface area (Å²) in [6.45, 7) is 0. The number of anilines is 4. The number of nitrogens with zero attached hydrogens (tertiary/aromatic N) is 2. The molecule has 2 amide bonds. The lowest BCUT2D eigenvalue weighted by atomic mass is 10.2. The summed E-state index contributed by atoms with van der Waals surface area (Å²) in [5.41, 5.74) is 3.21. The summed E-state index contributed by atoms with van der Waals surface area (Å²) in [5.74, 6) is 0.229. The zero-order valence-corrected chi connectivity index (χ0v) is 18.9. The van der Waals surface area contributed by atoms with Gasteiger partial charge in [0, 0.05) is 22.7 Å². The highest BCUT2D eigenvalue weighted by molar-refractivity contribution is 8.00. The van der Waals surface area contributed by atoms with Crippen LogP contribution in [0.15, 0.2) is 121 Å². The van der Waals surface area contributed by atoms with Crippen molar-refractivity contribution in [1.82, 2.24) is 0 Å². The quantitative estimate of drug-likeness (QED) is 0.308. The Bertz CT molecular complexity index is 996. The number of thioether (sulfide) groups is 1. The van der Waals surface area contributed by atoms with E-state index < -0.39 is 0 Å². The molecule has 4 nitrogen and oxygen atoms in total. The molecule has 0 saturated heterocycles. The third kappa shape index (κ3) is 5.70. The molecule has 0 heterocycles. The molecule has 0 saturated carbocycles. The number of hydrogen-bond donors (Lipinski definition) is 0. The first-order chi connectivity index (χ1) is 16.2. The molecule has 0 aliphatic heterocycles. The smallest absolute Gasteiger partial charge is 0.241 e. The molecular formula is C28H24N2O2S. The zero-order valence-electron chi connectivity index (χ0n) is 18.1. The summed E-state index contributed by atoms with van der Waals surface area (Å²) in [6.07, 6.45) is 0. The highest BCUT2D eigenvalue weighted by Crippen LogP contribution is 2.28. The van der Waals surface area contributed by atoms with Crippen LogP contribution in [0.4, 0.5) is 22.7 Å². The van der Waals surface area contributed by atoms with Crippen LogP contribution in [-0.2, 0) is 9.59 Å². The van der Waals surface area contributed by atoms with Crippen LogP contribution in [0.25, 0.3) is 0 Å². The SMILES string of the molecule is O=C(CSCC(=O)N(c1ccccc1)c1ccccc1)N(c1ccccc1)c1ccccc1. The van der Waals surface area contributed by atoms with E-state index in [0.717, 1.165) is 22.7 Å². The Labute approximate surface area is 198 Å². The summed E-state index contributed by atoms with van der Waals surface area (Å²) in [7, 11) is 0. The highest BCUT2D eigenvalue weighted by atomic mass is 32.2. The molecule has 0 bridgehead atoms. The van der Waals surface area contributed by atoms with Gasteiger partial charge >= 0.3 is 0 Å². The summed E-state index contributed by atoms with van der Waals surface area (Å²) < 4.78 is 0. The molecule has 0 N–H and O–H groups in total. The Balaban J connectivity index is 1.47. The van der Waals surface area contributed by atoms with Gasteiger partial charge in [0.2, 0.25) is 11.8 Å². The van der Waals surface area contributed by atoms with Crippen LogP contribution < -0.4 is 9.80 Å². The van der Waals surface area contributed by atoms with Gasteiger partial charge in [-0.3, -0.25) is 19.4 Å². The number of hydrogen-bond acceptors (Lipinski definition) is 3. The van der Waals surface area contributed by atoms with Crippen molar-refractivity contribution in [2.75, 3.05) is 21.3 Å². The van der Waals surface area contributed by atoms with Gasteiger partial charge in [-0.25, -0.2) is 0 Å². The first-order valence-corrected chi connectivity index (χ1v) is 11.8. The highest BCUT2D eigenvalue weighted by Gasteiger charge is 2.21. The van der Waals surface area contributed by atoms with Crippen LogP contribution in [0.2, 0.25) is 0 Å². The monoisotopic (exact) mass is 452 g/mol. The van der Waals surface area contributed by atoms with E-state index in [1.165, 1.54) is 11.8 Å². The maximum Gasteiger partial charge on any atom is 0.241 e. The van der Waals surface area contributed by atoms with E-state index in [1.807, 2.05) is 121 Å². The second kappa shape index (κ2) is 11.2. The van der Waals surface area contributed by atoms with E-state index in [2.05, 4.69) is 0 Å². The molecule has 0 fully saturated rings. The van der Waals surface area contributed by atoms with Crippen LogP contribution in [0.1, 0.15) is 0 Å². The zero-order chi connectivity index (χ0) is 22.9. The summed E-state index contributed by atoms with van der Waals surface area (Å²) in [6, 6.07) is 38.2. The molecule has 0 spiro atoms. The number of carbonyl (C=O) groups excluding carboxylic acids is 2. The number of rotatable bonds is 8. The van der Waals surface area contributed by atoms with Crippen LogP contribution in [0.5, 0.6) is 0 Å². The van der Waals surface area contributed by atoms with Gasteiger partial charge in [-0.2, -0.15) is 0 Å². The largest absolute Gasteiger partial charge is 0.280 e. The Hall–Kier alpha value is -3.83. The van der Waals surface area contributed by atoms with Gasteiger partial charge in [0.25, 0.3) is 0 Å². The minimum Gasteiger partial charge on any atom is -0.280 e. The van der Waals surface area contributed by atoms with Crippen molar-refractivity contribution in [3.63, 3.8) is 0 Å². The van der Waals surface area contributed by atoms with Crippen molar-refractivity contribution >= 4 is 46.3 Å². The van der Waals surface area contributed by atoms with E-state index >= 15 is 0 Å². The van der Waals surface area contributed by atoms with Crippen LogP contribution in [0, 0.1) is 0 Å². The minimum absolute atomic E-state index is 0.0730. The van der Waals surface area contributed by atoms with Crippen molar-refractivity contribution in [3.8, 4) is 0 Å². The van der Waals surface area contributed by atoms with Crippen molar-refractivity contribution in [1.29, 1.82) is 0 Å². The molecule has 4 rings (SSSR count). The molecular weight excluding hydrogens is 428 g/mol. The van der Waals surface area contributed by atoms with E-state index in [1.54, 1.807) is 9.80 Å². The number of carbonyl (C=O) groups is 2. The normalized spacial score (nSPS) is 10.4. The van der Waals surface area contributed by atoms with E-state index in [0.29, 0.717) is 0 Å². The van der Waals surface area contributed by atoms with Gasteiger partial charge in [0.05, 0.1) is 11.5 Å². The maximum absolute atomic E-state index is 13.2. The van der Waals surface area contributed by atoms with Crippen LogP contribution in [0.3, 0.4) is 0 Å². The lowest BCUT2D eigenvalue weighted by Gasteiger charge is -2.24. The van der Waals surface area contributed by atoms with Crippen molar-refractivity contribution in [3.05, 3.63) is 121 Å². The van der Waals surface area contributed by atoms with Gasteiger partial charge < -0.3 is 0 Å². The molecule has 0 aliphatic rings. The second-order valence-corrected chi connectivity index (χ2v) is 8.28. The standard InChI is InChI=1S/C28H24N2O2S/c31-27(29(23-13-5-1-6-14-23)24-15-7-2-8-16-24)21-33-22-28(32)30(25-17-9-3-10-18-25)26-19-11-4-12-20-26/h1-20H,21-22H2. The average molecular weight is 453 g/mol. The Morgan fingerprint density at radius 2 is 0.697 bits per heavy atom. The van der Waals surface area contributed by atoms with Crippen LogP contribution >= 0.6 is 11.8 Å². The first-order valence-electron chi connectivity index (χ1n) is 10.7. The predicted molar refractivity (Wildman–Crippen MR) is 137 cm³/mol. The molecule has 4 aromatic carbocycles. The van der Waals surface area contributed by atoms with Crippen molar-refractivity contribution in [2.24, 2.45) is 0 Å². The summed E-state index contributed by atoms with van der Waals surface area (Å²) in [4.78, 5) is 29.8. The van der Waals surface area contributed by atoms with Gasteiger partial charge in [-0.15, -0.1) is 11.8 Å². The Morgan fingerprint density at radius 1 is 0.455 bits per heavy atom. The number of amides is 2. The Morgan fingerprint density at radius 3 is 0.939 bits per heavy atom. The molecule has 0 aromatic heterocycles.